The number of amides is 1. The summed E-state index contributed by atoms with van der Waals surface area (Å²) in [6, 6.07) is 3.40. The molecule has 0 aromatic carbocycles. The molecular weight excluding hydrogens is 300 g/mol. The van der Waals surface area contributed by atoms with Crippen LogP contribution in [0.25, 0.3) is 0 Å². The maximum Gasteiger partial charge on any atom is 0.256 e. The molecular formula is C16H24N2O5. The van der Waals surface area contributed by atoms with Gasteiger partial charge in [-0.15, -0.1) is 0 Å². The zero-order chi connectivity index (χ0) is 16.7. The summed E-state index contributed by atoms with van der Waals surface area (Å²) in [5, 5.41) is 2.90. The Balaban J connectivity index is 1.98. The normalized spacial score (nSPS) is 24.2. The van der Waals surface area contributed by atoms with Gasteiger partial charge in [-0.3, -0.25) is 4.79 Å². The highest BCUT2D eigenvalue weighted by Gasteiger charge is 2.34. The van der Waals surface area contributed by atoms with E-state index in [9.17, 15) is 4.79 Å². The minimum atomic E-state index is -0.226. The number of hydrogen-bond acceptors (Lipinski definition) is 6. The Kier molecular flexibility index (Phi) is 6.76. The van der Waals surface area contributed by atoms with Crippen molar-refractivity contribution < 1.29 is 23.7 Å². The predicted octanol–water partition coefficient (Wildman–Crippen LogP) is 0.886. The van der Waals surface area contributed by atoms with Crippen LogP contribution in [0.2, 0.25) is 0 Å². The van der Waals surface area contributed by atoms with Crippen molar-refractivity contribution in [2.24, 2.45) is 5.92 Å². The Bertz CT molecular complexity index is 511. The topological polar surface area (TPSA) is 78.9 Å². The molecule has 1 amide bonds. The number of nitrogens with one attached hydrogen (secondary N) is 1. The molecule has 0 aliphatic carbocycles. The van der Waals surface area contributed by atoms with E-state index >= 15 is 0 Å². The standard InChI is InChI=1S/C16H24N2O5/c1-4-23-16-12(6-5-7-17-16)15(19)18-8-11-9-22-10-13(20-2)14(11)21-3/h5-7,11,13-14H,4,8-10H2,1-3H3,(H,18,19)/t11-,13-,14+/m1/s1. The lowest BCUT2D eigenvalue weighted by atomic mass is 9.96. The van der Waals surface area contributed by atoms with Gasteiger partial charge in [0, 0.05) is 32.9 Å². The second kappa shape index (κ2) is 8.81. The maximum atomic E-state index is 12.4. The second-order valence-electron chi connectivity index (χ2n) is 5.27. The Labute approximate surface area is 136 Å². The zero-order valence-corrected chi connectivity index (χ0v) is 13.8. The van der Waals surface area contributed by atoms with E-state index in [0.29, 0.717) is 37.8 Å². The van der Waals surface area contributed by atoms with E-state index in [2.05, 4.69) is 10.3 Å². The summed E-state index contributed by atoms with van der Waals surface area (Å²) in [6.45, 7) is 3.75. The molecule has 128 valence electrons. The van der Waals surface area contributed by atoms with Crippen LogP contribution in [0.3, 0.4) is 0 Å². The van der Waals surface area contributed by atoms with E-state index in [-0.39, 0.29) is 24.0 Å². The van der Waals surface area contributed by atoms with Crippen LogP contribution in [0, 0.1) is 5.92 Å². The SMILES string of the molecule is CCOc1ncccc1C(=O)NC[C@@H]1COC[C@@H](OC)[C@H]1OC. The second-order valence-corrected chi connectivity index (χ2v) is 5.27. The lowest BCUT2D eigenvalue weighted by molar-refractivity contribution is -0.145. The van der Waals surface area contributed by atoms with Crippen molar-refractivity contribution in [2.45, 2.75) is 19.1 Å². The first kappa shape index (κ1) is 17.7. The lowest BCUT2D eigenvalue weighted by Gasteiger charge is -2.36. The van der Waals surface area contributed by atoms with Gasteiger partial charge in [-0.05, 0) is 19.1 Å². The number of ether oxygens (including phenoxy) is 4. The number of nitrogens with zero attached hydrogens (tertiary/aromatic N) is 1. The fourth-order valence-electron chi connectivity index (χ4n) is 2.68. The number of rotatable bonds is 7. The first-order valence-corrected chi connectivity index (χ1v) is 7.70. The number of carbonyl (C=O) groups is 1. The number of carbonyl (C=O) groups excluding carboxylic acids is 1. The van der Waals surface area contributed by atoms with Crippen LogP contribution in [-0.2, 0) is 14.2 Å². The van der Waals surface area contributed by atoms with Crippen molar-refractivity contribution in [3.8, 4) is 5.88 Å². The fourth-order valence-corrected chi connectivity index (χ4v) is 2.68. The molecule has 7 heteroatoms. The minimum Gasteiger partial charge on any atom is -0.477 e. The quantitative estimate of drug-likeness (QED) is 0.802. The van der Waals surface area contributed by atoms with Crippen LogP contribution < -0.4 is 10.1 Å². The zero-order valence-electron chi connectivity index (χ0n) is 13.8. The van der Waals surface area contributed by atoms with Crippen molar-refractivity contribution in [2.75, 3.05) is 40.6 Å². The van der Waals surface area contributed by atoms with Crippen molar-refractivity contribution in [3.63, 3.8) is 0 Å². The van der Waals surface area contributed by atoms with Gasteiger partial charge in [0.05, 0.1) is 25.9 Å². The third kappa shape index (κ3) is 4.40. The Hall–Kier alpha value is -1.70. The van der Waals surface area contributed by atoms with Gasteiger partial charge < -0.3 is 24.3 Å². The fraction of sp³-hybridized carbons (Fsp3) is 0.625. The van der Waals surface area contributed by atoms with Crippen LogP contribution in [0.5, 0.6) is 5.88 Å². The van der Waals surface area contributed by atoms with Gasteiger partial charge in [-0.25, -0.2) is 4.98 Å². The Morgan fingerprint density at radius 2 is 2.22 bits per heavy atom. The highest BCUT2D eigenvalue weighted by atomic mass is 16.6. The summed E-state index contributed by atoms with van der Waals surface area (Å²) >= 11 is 0. The molecule has 1 aliphatic rings. The molecule has 1 aromatic heterocycles. The first-order valence-electron chi connectivity index (χ1n) is 7.70. The van der Waals surface area contributed by atoms with Gasteiger partial charge in [0.15, 0.2) is 0 Å². The van der Waals surface area contributed by atoms with Crippen molar-refractivity contribution in [1.82, 2.24) is 10.3 Å². The molecule has 1 aliphatic heterocycles. The molecule has 2 heterocycles. The third-order valence-electron chi connectivity index (χ3n) is 3.84. The largest absolute Gasteiger partial charge is 0.477 e. The molecule has 0 bridgehead atoms. The Morgan fingerprint density at radius 1 is 1.39 bits per heavy atom. The third-order valence-corrected chi connectivity index (χ3v) is 3.84. The molecule has 1 N–H and O–H groups in total. The molecule has 0 unspecified atom stereocenters. The molecule has 7 nitrogen and oxygen atoms in total. The van der Waals surface area contributed by atoms with Gasteiger partial charge in [-0.2, -0.15) is 0 Å². The lowest BCUT2D eigenvalue weighted by Crippen LogP contribution is -2.50. The van der Waals surface area contributed by atoms with E-state index in [4.69, 9.17) is 18.9 Å². The molecule has 23 heavy (non-hydrogen) atoms. The maximum absolute atomic E-state index is 12.4. The Morgan fingerprint density at radius 3 is 2.91 bits per heavy atom. The predicted molar refractivity (Wildman–Crippen MR) is 83.6 cm³/mol. The highest BCUT2D eigenvalue weighted by Crippen LogP contribution is 2.20. The molecule has 3 atom stereocenters. The summed E-state index contributed by atoms with van der Waals surface area (Å²) in [6.07, 6.45) is 1.35. The van der Waals surface area contributed by atoms with E-state index < -0.39 is 0 Å². The van der Waals surface area contributed by atoms with Crippen LogP contribution >= 0.6 is 0 Å². The molecule has 1 fully saturated rings. The van der Waals surface area contributed by atoms with Crippen molar-refractivity contribution in [1.29, 1.82) is 0 Å². The number of pyridine rings is 1. The monoisotopic (exact) mass is 324 g/mol. The smallest absolute Gasteiger partial charge is 0.256 e. The first-order chi connectivity index (χ1) is 11.2. The van der Waals surface area contributed by atoms with E-state index in [1.807, 2.05) is 6.92 Å². The van der Waals surface area contributed by atoms with E-state index in [1.165, 1.54) is 0 Å². The van der Waals surface area contributed by atoms with Crippen LogP contribution in [0.1, 0.15) is 17.3 Å². The molecule has 0 saturated carbocycles. The number of methoxy groups -OCH3 is 2. The molecule has 2 rings (SSSR count). The van der Waals surface area contributed by atoms with Crippen LogP contribution in [0.15, 0.2) is 18.3 Å². The van der Waals surface area contributed by atoms with E-state index in [1.54, 1.807) is 32.5 Å². The van der Waals surface area contributed by atoms with Gasteiger partial charge in [0.2, 0.25) is 5.88 Å². The van der Waals surface area contributed by atoms with Crippen LogP contribution in [-0.4, -0.2) is 63.7 Å². The van der Waals surface area contributed by atoms with Crippen LogP contribution in [0.4, 0.5) is 0 Å². The molecule has 0 spiro atoms. The number of aromatic nitrogens is 1. The van der Waals surface area contributed by atoms with Gasteiger partial charge in [-0.1, -0.05) is 0 Å². The summed E-state index contributed by atoms with van der Waals surface area (Å²) in [7, 11) is 3.27. The minimum absolute atomic E-state index is 0.0230. The van der Waals surface area contributed by atoms with Crippen molar-refractivity contribution >= 4 is 5.91 Å². The molecule has 1 saturated heterocycles. The van der Waals surface area contributed by atoms with Crippen molar-refractivity contribution in [3.05, 3.63) is 23.9 Å². The van der Waals surface area contributed by atoms with E-state index in [0.717, 1.165) is 0 Å². The average molecular weight is 324 g/mol. The average Bonchev–Trinajstić information content (AvgIpc) is 2.59. The van der Waals surface area contributed by atoms with Gasteiger partial charge >= 0.3 is 0 Å². The van der Waals surface area contributed by atoms with Gasteiger partial charge in [0.1, 0.15) is 11.7 Å². The highest BCUT2D eigenvalue weighted by molar-refractivity contribution is 5.96. The summed E-state index contributed by atoms with van der Waals surface area (Å²) in [4.78, 5) is 16.5. The molecule has 0 radical (unpaired) electrons. The molecule has 1 aromatic rings. The summed E-state index contributed by atoms with van der Waals surface area (Å²) < 4.78 is 21.8. The number of hydrogen-bond donors (Lipinski definition) is 1. The van der Waals surface area contributed by atoms with Gasteiger partial charge in [0.25, 0.3) is 5.91 Å². The summed E-state index contributed by atoms with van der Waals surface area (Å²) in [5.41, 5.74) is 0.420. The summed E-state index contributed by atoms with van der Waals surface area (Å²) in [5.74, 6) is 0.135.